The first-order valence-electron chi connectivity index (χ1n) is 7.56. The van der Waals surface area contributed by atoms with Gasteiger partial charge in [-0.3, -0.25) is 4.79 Å². The van der Waals surface area contributed by atoms with Crippen LogP contribution >= 0.6 is 0 Å². The summed E-state index contributed by atoms with van der Waals surface area (Å²) in [6.07, 6.45) is -0.226. The lowest BCUT2D eigenvalue weighted by Gasteiger charge is -2.21. The molecule has 128 valence electrons. The van der Waals surface area contributed by atoms with E-state index in [2.05, 4.69) is 5.32 Å². The molecule has 0 aliphatic rings. The predicted octanol–water partition coefficient (Wildman–Crippen LogP) is 2.17. The van der Waals surface area contributed by atoms with Gasteiger partial charge in [-0.2, -0.15) is 0 Å². The topological polar surface area (TPSA) is 73.9 Å². The van der Waals surface area contributed by atoms with Crippen LogP contribution in [-0.2, 0) is 14.3 Å². The maximum Gasteiger partial charge on any atom is 0.328 e. The Kier molecular flexibility index (Phi) is 7.38. The number of methoxy groups -OCH3 is 2. The Bertz CT molecular complexity index is 512. The molecular weight excluding hydrogens is 298 g/mol. The molecular formula is C17H25NO5. The average Bonchev–Trinajstić information content (AvgIpc) is 2.53. The minimum Gasteiger partial charge on any atom is -0.497 e. The molecule has 0 radical (unpaired) electrons. The van der Waals surface area contributed by atoms with Crippen molar-refractivity contribution in [1.82, 2.24) is 5.32 Å². The van der Waals surface area contributed by atoms with Gasteiger partial charge in [0, 0.05) is 0 Å². The normalized spacial score (nSPS) is 13.1. The molecule has 1 amide bonds. The van der Waals surface area contributed by atoms with E-state index in [1.807, 2.05) is 13.8 Å². The van der Waals surface area contributed by atoms with Crippen molar-refractivity contribution < 1.29 is 23.8 Å². The van der Waals surface area contributed by atoms with Crippen molar-refractivity contribution in [2.75, 3.05) is 14.2 Å². The van der Waals surface area contributed by atoms with Crippen LogP contribution in [0.3, 0.4) is 0 Å². The summed E-state index contributed by atoms with van der Waals surface area (Å²) in [5, 5.41) is 2.68. The maximum atomic E-state index is 12.2. The van der Waals surface area contributed by atoms with Crippen molar-refractivity contribution in [1.29, 1.82) is 0 Å². The zero-order valence-corrected chi connectivity index (χ0v) is 14.3. The van der Waals surface area contributed by atoms with E-state index in [1.165, 1.54) is 7.11 Å². The number of benzene rings is 1. The third-order valence-corrected chi connectivity index (χ3v) is 3.25. The van der Waals surface area contributed by atoms with E-state index in [1.54, 1.807) is 38.3 Å². The smallest absolute Gasteiger partial charge is 0.328 e. The number of carbonyl (C=O) groups excluding carboxylic acids is 2. The average molecular weight is 323 g/mol. The zero-order chi connectivity index (χ0) is 17.4. The largest absolute Gasteiger partial charge is 0.497 e. The van der Waals surface area contributed by atoms with Crippen molar-refractivity contribution in [2.24, 2.45) is 5.92 Å². The number of hydrogen-bond acceptors (Lipinski definition) is 5. The van der Waals surface area contributed by atoms with Gasteiger partial charge in [-0.05, 0) is 43.5 Å². The summed E-state index contributed by atoms with van der Waals surface area (Å²) in [6.45, 7) is 5.57. The minimum absolute atomic E-state index is 0.247. The molecule has 2 atom stereocenters. The molecule has 1 aromatic carbocycles. The van der Waals surface area contributed by atoms with Crippen molar-refractivity contribution >= 4 is 11.9 Å². The number of rotatable bonds is 8. The Morgan fingerprint density at radius 1 is 1.04 bits per heavy atom. The van der Waals surface area contributed by atoms with Crippen molar-refractivity contribution in [3.8, 4) is 11.5 Å². The Labute approximate surface area is 137 Å². The number of ether oxygens (including phenoxy) is 3. The van der Waals surface area contributed by atoms with E-state index in [0.717, 1.165) is 0 Å². The molecule has 0 saturated carbocycles. The maximum absolute atomic E-state index is 12.2. The monoisotopic (exact) mass is 323 g/mol. The van der Waals surface area contributed by atoms with Crippen LogP contribution in [0, 0.1) is 5.92 Å². The number of amides is 1. The van der Waals surface area contributed by atoms with Gasteiger partial charge < -0.3 is 19.5 Å². The second-order valence-electron chi connectivity index (χ2n) is 5.65. The second kappa shape index (κ2) is 9.02. The quantitative estimate of drug-likeness (QED) is 0.742. The molecule has 0 saturated heterocycles. The molecule has 0 unspecified atom stereocenters. The van der Waals surface area contributed by atoms with Crippen LogP contribution in [0.4, 0.5) is 0 Å². The van der Waals surface area contributed by atoms with Crippen molar-refractivity contribution in [3.05, 3.63) is 24.3 Å². The molecule has 0 aromatic heterocycles. The molecule has 0 aliphatic carbocycles. The van der Waals surface area contributed by atoms with E-state index in [9.17, 15) is 9.59 Å². The van der Waals surface area contributed by atoms with Crippen molar-refractivity contribution in [2.45, 2.75) is 39.3 Å². The lowest BCUT2D eigenvalue weighted by molar-refractivity contribution is -0.146. The van der Waals surface area contributed by atoms with Crippen molar-refractivity contribution in [3.63, 3.8) is 0 Å². The molecule has 6 heteroatoms. The molecule has 0 bridgehead atoms. The number of hydrogen-bond donors (Lipinski definition) is 1. The first-order valence-corrected chi connectivity index (χ1v) is 7.56. The lowest BCUT2D eigenvalue weighted by Crippen LogP contribution is -2.47. The van der Waals surface area contributed by atoms with Crippen LogP contribution in [0.25, 0.3) is 0 Å². The van der Waals surface area contributed by atoms with E-state index in [0.29, 0.717) is 17.9 Å². The van der Waals surface area contributed by atoms with Crippen LogP contribution in [0.5, 0.6) is 11.5 Å². The Balaban J connectivity index is 2.64. The minimum atomic E-state index is -0.734. The predicted molar refractivity (Wildman–Crippen MR) is 86.5 cm³/mol. The van der Waals surface area contributed by atoms with Gasteiger partial charge in [0.25, 0.3) is 5.91 Å². The fourth-order valence-corrected chi connectivity index (χ4v) is 2.03. The number of esters is 1. The number of carbonyl (C=O) groups is 2. The highest BCUT2D eigenvalue weighted by Gasteiger charge is 2.25. The zero-order valence-electron chi connectivity index (χ0n) is 14.3. The van der Waals surface area contributed by atoms with Crippen LogP contribution in [0.2, 0.25) is 0 Å². The summed E-state index contributed by atoms with van der Waals surface area (Å²) in [7, 11) is 2.88. The Hall–Kier alpha value is -2.24. The van der Waals surface area contributed by atoms with Crippen LogP contribution < -0.4 is 14.8 Å². The van der Waals surface area contributed by atoms with E-state index in [4.69, 9.17) is 14.2 Å². The summed E-state index contributed by atoms with van der Waals surface area (Å²) in [6, 6.07) is 6.25. The van der Waals surface area contributed by atoms with E-state index < -0.39 is 18.1 Å². The fraction of sp³-hybridized carbons (Fsp3) is 0.529. The highest BCUT2D eigenvalue weighted by atomic mass is 16.5. The lowest BCUT2D eigenvalue weighted by atomic mass is 10.0. The molecule has 6 nitrogen and oxygen atoms in total. The molecule has 1 aromatic rings. The SMILES string of the molecule is COC(=O)[C@@H](CC(C)C)NC(=O)[C@H](C)Oc1ccc(OC)cc1. The van der Waals surface area contributed by atoms with Gasteiger partial charge in [0.2, 0.25) is 0 Å². The van der Waals surface area contributed by atoms with Crippen LogP contribution in [-0.4, -0.2) is 38.2 Å². The first-order chi connectivity index (χ1) is 10.9. The third kappa shape index (κ3) is 6.18. The second-order valence-corrected chi connectivity index (χ2v) is 5.65. The van der Waals surface area contributed by atoms with Gasteiger partial charge in [-0.25, -0.2) is 4.79 Å². The summed E-state index contributed by atoms with van der Waals surface area (Å²) >= 11 is 0. The molecule has 1 rings (SSSR count). The fourth-order valence-electron chi connectivity index (χ4n) is 2.03. The summed E-state index contributed by atoms with van der Waals surface area (Å²) in [5.41, 5.74) is 0. The van der Waals surface area contributed by atoms with Gasteiger partial charge in [0.05, 0.1) is 14.2 Å². The summed E-state index contributed by atoms with van der Waals surface area (Å²) < 4.78 is 15.4. The van der Waals surface area contributed by atoms with Gasteiger partial charge in [-0.15, -0.1) is 0 Å². The Morgan fingerprint density at radius 3 is 2.09 bits per heavy atom. The summed E-state index contributed by atoms with van der Waals surface area (Å²) in [5.74, 6) is 0.682. The highest BCUT2D eigenvalue weighted by Crippen LogP contribution is 2.18. The standard InChI is InChI=1S/C17H25NO5/c1-11(2)10-15(17(20)22-5)18-16(19)12(3)23-14-8-6-13(21-4)7-9-14/h6-9,11-12,15H,10H2,1-5H3,(H,18,19)/t12-,15+/m0/s1. The molecule has 0 aliphatic heterocycles. The number of nitrogens with one attached hydrogen (secondary N) is 1. The van der Waals surface area contributed by atoms with Crippen LogP contribution in [0.15, 0.2) is 24.3 Å². The van der Waals surface area contributed by atoms with Gasteiger partial charge >= 0.3 is 5.97 Å². The molecule has 1 N–H and O–H groups in total. The van der Waals surface area contributed by atoms with Gasteiger partial charge in [0.1, 0.15) is 17.5 Å². The third-order valence-electron chi connectivity index (χ3n) is 3.25. The Morgan fingerprint density at radius 2 is 1.61 bits per heavy atom. The summed E-state index contributed by atoms with van der Waals surface area (Å²) in [4.78, 5) is 24.0. The molecule has 23 heavy (non-hydrogen) atoms. The molecule has 0 spiro atoms. The first kappa shape index (κ1) is 18.8. The van der Waals surface area contributed by atoms with Crippen LogP contribution in [0.1, 0.15) is 27.2 Å². The van der Waals surface area contributed by atoms with E-state index in [-0.39, 0.29) is 11.8 Å². The van der Waals surface area contributed by atoms with E-state index >= 15 is 0 Å². The molecule has 0 heterocycles. The highest BCUT2D eigenvalue weighted by molar-refractivity contribution is 5.86. The van der Waals surface area contributed by atoms with Gasteiger partial charge in [-0.1, -0.05) is 13.8 Å². The molecule has 0 fully saturated rings. The van der Waals surface area contributed by atoms with Gasteiger partial charge in [0.15, 0.2) is 6.10 Å².